The molecule has 4 heteroatoms. The highest BCUT2D eigenvalue weighted by atomic mass is 19.1. The summed E-state index contributed by atoms with van der Waals surface area (Å²) in [5.74, 6) is 0.488. The van der Waals surface area contributed by atoms with Gasteiger partial charge in [0.25, 0.3) is 0 Å². The van der Waals surface area contributed by atoms with Gasteiger partial charge in [0.05, 0.1) is 12.3 Å². The van der Waals surface area contributed by atoms with Crippen LogP contribution in [0.15, 0.2) is 54.7 Å². The minimum absolute atomic E-state index is 0.203. The van der Waals surface area contributed by atoms with Gasteiger partial charge in [0.1, 0.15) is 5.75 Å². The minimum atomic E-state index is -1.60. The van der Waals surface area contributed by atoms with Gasteiger partial charge in [0, 0.05) is 12.6 Å². The molecule has 0 fully saturated rings. The molecule has 1 atom stereocenters. The minimum Gasteiger partial charge on any atom is -0.494 e. The van der Waals surface area contributed by atoms with Crippen molar-refractivity contribution in [2.75, 3.05) is 6.61 Å². The molecule has 0 radical (unpaired) electrons. The number of alkyl halides is 1. The van der Waals surface area contributed by atoms with Crippen molar-refractivity contribution in [3.8, 4) is 5.75 Å². The van der Waals surface area contributed by atoms with Crippen LogP contribution in [0.4, 0.5) is 4.39 Å². The summed E-state index contributed by atoms with van der Waals surface area (Å²) in [6, 6.07) is 14.6. The number of hydrogen-bond donors (Lipinski definition) is 0. The maximum absolute atomic E-state index is 13.9. The Morgan fingerprint density at radius 1 is 1.00 bits per heavy atom. The van der Waals surface area contributed by atoms with Crippen LogP contribution < -0.4 is 4.74 Å². The topological polar surface area (TPSA) is 39.2 Å². The van der Waals surface area contributed by atoms with Crippen LogP contribution in [0.3, 0.4) is 0 Å². The van der Waals surface area contributed by atoms with Crippen molar-refractivity contribution in [1.82, 2.24) is 4.98 Å². The number of rotatable bonds is 10. The Morgan fingerprint density at radius 3 is 2.48 bits per heavy atom. The molecule has 1 unspecified atom stereocenters. The molecule has 2 rings (SSSR count). The lowest BCUT2D eigenvalue weighted by atomic mass is 10.1. The second kappa shape index (κ2) is 9.72. The predicted molar refractivity (Wildman–Crippen MR) is 88.1 cm³/mol. The average Bonchev–Trinajstić information content (AvgIpc) is 2.61. The maximum atomic E-state index is 13.9. The summed E-state index contributed by atoms with van der Waals surface area (Å²) in [5, 5.41) is 0. The quantitative estimate of drug-likeness (QED) is 0.597. The lowest BCUT2D eigenvalue weighted by Gasteiger charge is -2.07. The molecule has 0 aliphatic carbocycles. The number of Topliss-reactive ketones (excluding diaryl/α,β-unsaturated/α-hetero) is 1. The first-order chi connectivity index (χ1) is 11.3. The Hall–Kier alpha value is -2.23. The van der Waals surface area contributed by atoms with E-state index < -0.39 is 6.17 Å². The summed E-state index contributed by atoms with van der Waals surface area (Å²) in [5.41, 5.74) is 0.203. The molecule has 3 nitrogen and oxygen atoms in total. The van der Waals surface area contributed by atoms with Crippen LogP contribution in [0, 0.1) is 0 Å². The van der Waals surface area contributed by atoms with E-state index in [2.05, 4.69) is 4.98 Å². The summed E-state index contributed by atoms with van der Waals surface area (Å²) in [6.45, 7) is 0.664. The molecule has 0 bridgehead atoms. The number of carbonyl (C=O) groups excluding carboxylic acids is 1. The van der Waals surface area contributed by atoms with Crippen LogP contribution in [0.1, 0.15) is 44.0 Å². The van der Waals surface area contributed by atoms with Crippen molar-refractivity contribution < 1.29 is 13.9 Å². The van der Waals surface area contributed by atoms with Crippen LogP contribution in [0.5, 0.6) is 5.75 Å². The highest BCUT2D eigenvalue weighted by Gasteiger charge is 2.19. The van der Waals surface area contributed by atoms with Crippen molar-refractivity contribution in [3.63, 3.8) is 0 Å². The monoisotopic (exact) mass is 315 g/mol. The molecule has 1 heterocycles. The Morgan fingerprint density at radius 2 is 1.74 bits per heavy atom. The Bertz CT molecular complexity index is 574. The van der Waals surface area contributed by atoms with Crippen molar-refractivity contribution in [1.29, 1.82) is 0 Å². The van der Waals surface area contributed by atoms with Crippen molar-refractivity contribution in [2.45, 2.75) is 38.3 Å². The van der Waals surface area contributed by atoms with Gasteiger partial charge in [-0.2, -0.15) is 0 Å². The second-order valence-corrected chi connectivity index (χ2v) is 5.41. The first kappa shape index (κ1) is 17.1. The number of pyridine rings is 1. The molecule has 0 saturated heterocycles. The lowest BCUT2D eigenvalue weighted by Crippen LogP contribution is -2.09. The number of nitrogens with zero attached hydrogens (tertiary/aromatic N) is 1. The first-order valence-corrected chi connectivity index (χ1v) is 8.03. The fourth-order valence-electron chi connectivity index (χ4n) is 2.28. The SMILES string of the molecule is O=C(CCCCCCOc1ccccc1)C(F)c1ccccn1. The van der Waals surface area contributed by atoms with Gasteiger partial charge in [-0.05, 0) is 37.1 Å². The molecular formula is C19H22FNO2. The standard InChI is InChI=1S/C19H22FNO2/c20-19(17-12-7-8-14-21-17)18(22)13-6-1-2-9-15-23-16-10-4-3-5-11-16/h3-5,7-8,10-12,14,19H,1-2,6,9,13,15H2. The number of aromatic nitrogens is 1. The summed E-state index contributed by atoms with van der Waals surface area (Å²) in [6.07, 6.45) is 3.68. The number of ketones is 1. The van der Waals surface area contributed by atoms with E-state index >= 15 is 0 Å². The third-order valence-corrected chi connectivity index (χ3v) is 3.56. The molecule has 23 heavy (non-hydrogen) atoms. The van der Waals surface area contributed by atoms with E-state index in [0.717, 1.165) is 25.0 Å². The number of ether oxygens (including phenoxy) is 1. The number of para-hydroxylation sites is 1. The first-order valence-electron chi connectivity index (χ1n) is 8.03. The van der Waals surface area contributed by atoms with Crippen LogP contribution in [-0.2, 0) is 4.79 Å². The molecule has 1 aromatic heterocycles. The molecule has 0 amide bonds. The number of halogens is 1. The molecule has 0 aliphatic heterocycles. The van der Waals surface area contributed by atoms with E-state index in [0.29, 0.717) is 13.0 Å². The third-order valence-electron chi connectivity index (χ3n) is 3.56. The molecule has 0 saturated carbocycles. The fraction of sp³-hybridized carbons (Fsp3) is 0.368. The summed E-state index contributed by atoms with van der Waals surface area (Å²) in [4.78, 5) is 15.7. The fourth-order valence-corrected chi connectivity index (χ4v) is 2.28. The Kier molecular flexibility index (Phi) is 7.24. The van der Waals surface area contributed by atoms with Gasteiger partial charge in [-0.1, -0.05) is 37.1 Å². The van der Waals surface area contributed by atoms with E-state index in [4.69, 9.17) is 4.74 Å². The summed E-state index contributed by atoms with van der Waals surface area (Å²) in [7, 11) is 0. The average molecular weight is 315 g/mol. The molecule has 0 N–H and O–H groups in total. The van der Waals surface area contributed by atoms with E-state index in [-0.39, 0.29) is 17.9 Å². The highest BCUT2D eigenvalue weighted by Crippen LogP contribution is 2.19. The largest absolute Gasteiger partial charge is 0.494 e. The molecule has 1 aromatic carbocycles. The van der Waals surface area contributed by atoms with Crippen LogP contribution in [-0.4, -0.2) is 17.4 Å². The van der Waals surface area contributed by atoms with Gasteiger partial charge in [-0.15, -0.1) is 0 Å². The van der Waals surface area contributed by atoms with Crippen LogP contribution in [0.25, 0.3) is 0 Å². The van der Waals surface area contributed by atoms with Gasteiger partial charge in [-0.3, -0.25) is 9.78 Å². The van der Waals surface area contributed by atoms with Crippen LogP contribution in [0.2, 0.25) is 0 Å². The van der Waals surface area contributed by atoms with Crippen molar-refractivity contribution >= 4 is 5.78 Å². The van der Waals surface area contributed by atoms with Gasteiger partial charge >= 0.3 is 0 Å². The Balaban J connectivity index is 1.54. The van der Waals surface area contributed by atoms with E-state index in [9.17, 15) is 9.18 Å². The smallest absolute Gasteiger partial charge is 0.200 e. The van der Waals surface area contributed by atoms with Gasteiger partial charge in [0.2, 0.25) is 0 Å². The highest BCUT2D eigenvalue weighted by molar-refractivity contribution is 5.83. The zero-order chi connectivity index (χ0) is 16.3. The molecule has 122 valence electrons. The molecular weight excluding hydrogens is 293 g/mol. The van der Waals surface area contributed by atoms with Gasteiger partial charge in [0.15, 0.2) is 12.0 Å². The zero-order valence-electron chi connectivity index (χ0n) is 13.2. The van der Waals surface area contributed by atoms with Gasteiger partial charge in [-0.25, -0.2) is 4.39 Å². The zero-order valence-corrected chi connectivity index (χ0v) is 13.2. The molecule has 0 aliphatic rings. The number of hydrogen-bond acceptors (Lipinski definition) is 3. The van der Waals surface area contributed by atoms with Crippen LogP contribution >= 0.6 is 0 Å². The summed E-state index contributed by atoms with van der Waals surface area (Å²) >= 11 is 0. The second-order valence-electron chi connectivity index (χ2n) is 5.41. The number of benzene rings is 1. The van der Waals surface area contributed by atoms with E-state index in [1.54, 1.807) is 18.2 Å². The summed E-state index contributed by atoms with van der Waals surface area (Å²) < 4.78 is 19.5. The number of unbranched alkanes of at least 4 members (excludes halogenated alkanes) is 3. The maximum Gasteiger partial charge on any atom is 0.200 e. The molecule has 0 spiro atoms. The van der Waals surface area contributed by atoms with E-state index in [1.165, 1.54) is 6.20 Å². The molecule has 2 aromatic rings. The predicted octanol–water partition coefficient (Wildman–Crippen LogP) is 4.69. The van der Waals surface area contributed by atoms with Gasteiger partial charge < -0.3 is 4.74 Å². The Labute approximate surface area is 136 Å². The number of carbonyl (C=O) groups is 1. The third kappa shape index (κ3) is 6.19. The normalized spacial score (nSPS) is 11.9. The van der Waals surface area contributed by atoms with E-state index in [1.807, 2.05) is 30.3 Å². The van der Waals surface area contributed by atoms with Crippen molar-refractivity contribution in [2.24, 2.45) is 0 Å². The lowest BCUT2D eigenvalue weighted by molar-refractivity contribution is -0.124. The van der Waals surface area contributed by atoms with Crippen molar-refractivity contribution in [3.05, 3.63) is 60.4 Å².